The number of rotatable bonds is 13. The highest BCUT2D eigenvalue weighted by Gasteiger charge is 2.23. The summed E-state index contributed by atoms with van der Waals surface area (Å²) in [6, 6.07) is 34.1. The van der Waals surface area contributed by atoms with Crippen molar-refractivity contribution in [1.29, 1.82) is 0 Å². The van der Waals surface area contributed by atoms with Gasteiger partial charge in [0, 0.05) is 0 Å². The summed E-state index contributed by atoms with van der Waals surface area (Å²) in [5.41, 5.74) is 7.98. The molecule has 0 radical (unpaired) electrons. The van der Waals surface area contributed by atoms with E-state index in [0.29, 0.717) is 5.75 Å². The highest BCUT2D eigenvalue weighted by molar-refractivity contribution is 5.65. The third-order valence-corrected chi connectivity index (χ3v) is 11.5. The fraction of sp³-hybridized carbons (Fsp3) is 0.489. The van der Waals surface area contributed by atoms with Gasteiger partial charge >= 0.3 is 0 Å². The van der Waals surface area contributed by atoms with Gasteiger partial charge in [0.25, 0.3) is 0 Å². The summed E-state index contributed by atoms with van der Waals surface area (Å²) in [6.45, 7) is 4.59. The van der Waals surface area contributed by atoms with E-state index in [1.807, 2.05) is 24.3 Å². The average Bonchev–Trinajstić information content (AvgIpc) is 3.16. The first kappa shape index (κ1) is 36.8. The van der Waals surface area contributed by atoms with Crippen molar-refractivity contribution >= 4 is 0 Å². The minimum Gasteiger partial charge on any atom is -0.508 e. The van der Waals surface area contributed by atoms with E-state index >= 15 is 0 Å². The molecule has 0 heterocycles. The molecular formula is C47H62O2. The van der Waals surface area contributed by atoms with E-state index in [4.69, 9.17) is 4.74 Å². The molecule has 2 nitrogen and oxygen atoms in total. The molecule has 262 valence electrons. The lowest BCUT2D eigenvalue weighted by molar-refractivity contribution is 0.303. The first-order valence-corrected chi connectivity index (χ1v) is 19.7. The fourth-order valence-corrected chi connectivity index (χ4v) is 8.27. The second-order valence-corrected chi connectivity index (χ2v) is 14.9. The summed E-state index contributed by atoms with van der Waals surface area (Å²) >= 11 is 0. The fourth-order valence-electron chi connectivity index (χ4n) is 8.27. The molecule has 0 unspecified atom stereocenters. The maximum absolute atomic E-state index is 9.41. The Morgan fingerprint density at radius 3 is 1.16 bits per heavy atom. The molecule has 0 aliphatic heterocycles. The summed E-state index contributed by atoms with van der Waals surface area (Å²) < 4.78 is 5.24. The van der Waals surface area contributed by atoms with Crippen LogP contribution >= 0.6 is 0 Å². The Labute approximate surface area is 298 Å². The summed E-state index contributed by atoms with van der Waals surface area (Å²) in [4.78, 5) is 0. The van der Waals surface area contributed by atoms with Crippen LogP contribution in [-0.4, -0.2) is 12.2 Å². The number of methoxy groups -OCH3 is 1. The van der Waals surface area contributed by atoms with E-state index in [-0.39, 0.29) is 0 Å². The van der Waals surface area contributed by atoms with E-state index in [2.05, 4.69) is 74.5 Å². The minimum atomic E-state index is 0.325. The van der Waals surface area contributed by atoms with Crippen LogP contribution in [0.2, 0.25) is 0 Å². The lowest BCUT2D eigenvalue weighted by Gasteiger charge is -2.29. The van der Waals surface area contributed by atoms with Crippen molar-refractivity contribution < 1.29 is 9.84 Å². The van der Waals surface area contributed by atoms with Gasteiger partial charge in [-0.2, -0.15) is 0 Å². The topological polar surface area (TPSA) is 29.5 Å². The Hall–Kier alpha value is -3.52. The molecule has 2 saturated carbocycles. The van der Waals surface area contributed by atoms with Crippen molar-refractivity contribution in [1.82, 2.24) is 0 Å². The third-order valence-electron chi connectivity index (χ3n) is 11.5. The SMILES string of the molecule is CCCCCC1CCC(c2ccc(-c3ccc(O)cc3)cc2)CC1.CCCCCC1CCC(c2ccc(-c3ccc(OC)cc3)cc2)CC1. The van der Waals surface area contributed by atoms with Gasteiger partial charge in [-0.3, -0.25) is 0 Å². The molecule has 0 atom stereocenters. The van der Waals surface area contributed by atoms with Crippen LogP contribution < -0.4 is 4.74 Å². The Bertz CT molecular complexity index is 1450. The molecule has 1 N–H and O–H groups in total. The Balaban J connectivity index is 0.000000191. The lowest BCUT2D eigenvalue weighted by atomic mass is 9.77. The summed E-state index contributed by atoms with van der Waals surface area (Å²) in [7, 11) is 1.71. The highest BCUT2D eigenvalue weighted by atomic mass is 16.5. The van der Waals surface area contributed by atoms with E-state index in [1.165, 1.54) is 136 Å². The summed E-state index contributed by atoms with van der Waals surface area (Å²) in [6.07, 6.45) is 22.4. The van der Waals surface area contributed by atoms with Crippen molar-refractivity contribution in [3.05, 3.63) is 108 Å². The highest BCUT2D eigenvalue weighted by Crippen LogP contribution is 2.39. The second kappa shape index (κ2) is 19.6. The van der Waals surface area contributed by atoms with Crippen LogP contribution in [0.25, 0.3) is 22.3 Å². The second-order valence-electron chi connectivity index (χ2n) is 14.9. The number of aromatic hydroxyl groups is 1. The zero-order valence-corrected chi connectivity index (χ0v) is 30.7. The maximum atomic E-state index is 9.41. The maximum Gasteiger partial charge on any atom is 0.118 e. The van der Waals surface area contributed by atoms with Gasteiger partial charge in [-0.15, -0.1) is 0 Å². The largest absolute Gasteiger partial charge is 0.508 e. The van der Waals surface area contributed by atoms with Crippen molar-refractivity contribution in [2.75, 3.05) is 7.11 Å². The van der Waals surface area contributed by atoms with Crippen LogP contribution in [0.3, 0.4) is 0 Å². The Morgan fingerprint density at radius 2 is 0.816 bits per heavy atom. The van der Waals surface area contributed by atoms with E-state index in [0.717, 1.165) is 29.4 Å². The van der Waals surface area contributed by atoms with Gasteiger partial charge in [-0.25, -0.2) is 0 Å². The zero-order valence-electron chi connectivity index (χ0n) is 30.7. The Kier molecular flexibility index (Phi) is 14.7. The molecule has 6 rings (SSSR count). The monoisotopic (exact) mass is 658 g/mol. The normalized spacial score (nSPS) is 20.6. The average molecular weight is 659 g/mol. The minimum absolute atomic E-state index is 0.325. The van der Waals surface area contributed by atoms with Crippen molar-refractivity contribution in [3.63, 3.8) is 0 Å². The van der Waals surface area contributed by atoms with Crippen LogP contribution in [0.1, 0.15) is 140 Å². The molecule has 2 aliphatic carbocycles. The van der Waals surface area contributed by atoms with Gasteiger partial charge in [-0.1, -0.05) is 138 Å². The van der Waals surface area contributed by atoms with Crippen LogP contribution in [0, 0.1) is 11.8 Å². The predicted molar refractivity (Wildman–Crippen MR) is 210 cm³/mol. The Morgan fingerprint density at radius 1 is 0.469 bits per heavy atom. The third kappa shape index (κ3) is 11.2. The molecule has 0 saturated heterocycles. The smallest absolute Gasteiger partial charge is 0.118 e. The van der Waals surface area contributed by atoms with Gasteiger partial charge in [0.05, 0.1) is 7.11 Å². The first-order chi connectivity index (χ1) is 24.1. The van der Waals surface area contributed by atoms with Crippen LogP contribution in [0.15, 0.2) is 97.1 Å². The van der Waals surface area contributed by atoms with E-state index in [1.54, 1.807) is 19.2 Å². The van der Waals surface area contributed by atoms with Crippen molar-refractivity contribution in [3.8, 4) is 33.8 Å². The van der Waals surface area contributed by atoms with Crippen LogP contribution in [-0.2, 0) is 0 Å². The zero-order chi connectivity index (χ0) is 34.3. The molecule has 0 spiro atoms. The standard InChI is InChI=1S/C24H32O.C23H30O/c1-3-4-5-6-19-7-9-20(10-8-19)21-11-13-22(14-12-21)23-15-17-24(25-2)18-16-23;1-2-3-4-5-18-6-8-19(9-7-18)20-10-12-21(13-11-20)22-14-16-23(24)17-15-22/h11-20H,3-10H2,1-2H3;10-19,24H,2-9H2,1H3. The number of phenols is 1. The summed E-state index contributed by atoms with van der Waals surface area (Å²) in [5, 5.41) is 9.41. The van der Waals surface area contributed by atoms with Crippen molar-refractivity contribution in [2.45, 2.75) is 128 Å². The molecule has 4 aromatic carbocycles. The van der Waals surface area contributed by atoms with Crippen LogP contribution in [0.5, 0.6) is 11.5 Å². The molecule has 0 amide bonds. The van der Waals surface area contributed by atoms with Crippen LogP contribution in [0.4, 0.5) is 0 Å². The molecule has 4 aromatic rings. The molecule has 2 fully saturated rings. The molecule has 0 aromatic heterocycles. The van der Waals surface area contributed by atoms with Gasteiger partial charge in [0.2, 0.25) is 0 Å². The van der Waals surface area contributed by atoms with E-state index in [9.17, 15) is 5.11 Å². The van der Waals surface area contributed by atoms with Gasteiger partial charge in [0.15, 0.2) is 0 Å². The van der Waals surface area contributed by atoms with Crippen molar-refractivity contribution in [2.24, 2.45) is 11.8 Å². The number of unbranched alkanes of at least 4 members (excludes halogenated alkanes) is 4. The predicted octanol–water partition coefficient (Wildman–Crippen LogP) is 14.1. The van der Waals surface area contributed by atoms with E-state index < -0.39 is 0 Å². The van der Waals surface area contributed by atoms with Gasteiger partial charge < -0.3 is 9.84 Å². The molecule has 2 heteroatoms. The molecule has 49 heavy (non-hydrogen) atoms. The lowest BCUT2D eigenvalue weighted by Crippen LogP contribution is -2.13. The summed E-state index contributed by atoms with van der Waals surface area (Å²) in [5.74, 6) is 4.72. The quantitative estimate of drug-likeness (QED) is 0.145. The number of phenolic OH excluding ortho intramolecular Hbond substituents is 1. The number of hydrogen-bond donors (Lipinski definition) is 1. The van der Waals surface area contributed by atoms with Gasteiger partial charge in [-0.05, 0) is 133 Å². The van der Waals surface area contributed by atoms with Gasteiger partial charge in [0.1, 0.15) is 11.5 Å². The first-order valence-electron chi connectivity index (χ1n) is 19.7. The molecule has 0 bridgehead atoms. The number of ether oxygens (including phenoxy) is 1. The molecular weight excluding hydrogens is 597 g/mol. The number of hydrogen-bond acceptors (Lipinski definition) is 2. The number of benzene rings is 4. The molecule has 2 aliphatic rings.